The van der Waals surface area contributed by atoms with Crippen molar-refractivity contribution in [1.29, 1.82) is 0 Å². The summed E-state index contributed by atoms with van der Waals surface area (Å²) >= 11 is 0. The van der Waals surface area contributed by atoms with E-state index >= 15 is 0 Å². The summed E-state index contributed by atoms with van der Waals surface area (Å²) in [6, 6.07) is 0.746. The highest BCUT2D eigenvalue weighted by molar-refractivity contribution is 5.13. The van der Waals surface area contributed by atoms with Gasteiger partial charge in [-0.3, -0.25) is 4.90 Å². The van der Waals surface area contributed by atoms with Gasteiger partial charge in [-0.15, -0.1) is 0 Å². The topological polar surface area (TPSA) is 32.5 Å². The Morgan fingerprint density at radius 2 is 1.65 bits per heavy atom. The Balaban J connectivity index is 1.61. The second-order valence-corrected chi connectivity index (χ2v) is 8.35. The molecule has 1 aliphatic heterocycles. The Morgan fingerprint density at radius 3 is 2.10 bits per heavy atom. The van der Waals surface area contributed by atoms with Crippen molar-refractivity contribution in [2.24, 2.45) is 29.4 Å². The van der Waals surface area contributed by atoms with Crippen LogP contribution in [0.5, 0.6) is 0 Å². The molecule has 1 heterocycles. The van der Waals surface area contributed by atoms with E-state index in [1.165, 1.54) is 51.6 Å². The normalized spacial score (nSPS) is 51.3. The van der Waals surface area contributed by atoms with Gasteiger partial charge >= 0.3 is 0 Å². The fourth-order valence-electron chi connectivity index (χ4n) is 6.52. The van der Waals surface area contributed by atoms with E-state index in [1.807, 2.05) is 0 Å². The molecule has 5 fully saturated rings. The number of nitrogens with two attached hydrogens (primary N) is 1. The molecule has 0 aromatic carbocycles. The minimum Gasteiger partial charge on any atom is -0.329 e. The monoisotopic (exact) mass is 277 g/mol. The lowest BCUT2D eigenvalue weighted by Crippen LogP contribution is -2.69. The summed E-state index contributed by atoms with van der Waals surface area (Å²) in [5.74, 6) is 3.91. The van der Waals surface area contributed by atoms with E-state index in [0.29, 0.717) is 5.54 Å². The lowest BCUT2D eigenvalue weighted by Gasteiger charge is -2.64. The van der Waals surface area contributed by atoms with Gasteiger partial charge in [-0.25, -0.2) is 0 Å². The SMILES string of the molecule is CN(C)C1CCN(C2(CN)C3CC4CC(C3)CC2C4)C1. The van der Waals surface area contributed by atoms with Crippen molar-refractivity contribution in [2.45, 2.75) is 50.1 Å². The average molecular weight is 277 g/mol. The molecule has 0 radical (unpaired) electrons. The van der Waals surface area contributed by atoms with Crippen LogP contribution in [0.15, 0.2) is 0 Å². The van der Waals surface area contributed by atoms with Crippen LogP contribution in [0.25, 0.3) is 0 Å². The van der Waals surface area contributed by atoms with Crippen molar-refractivity contribution in [2.75, 3.05) is 33.7 Å². The largest absolute Gasteiger partial charge is 0.329 e. The molecule has 0 amide bonds. The predicted octanol–water partition coefficient (Wildman–Crippen LogP) is 1.78. The van der Waals surface area contributed by atoms with Crippen molar-refractivity contribution in [3.8, 4) is 0 Å². The molecular weight excluding hydrogens is 246 g/mol. The summed E-state index contributed by atoms with van der Waals surface area (Å²) in [4.78, 5) is 5.26. The minimum atomic E-state index is 0.373. The second-order valence-electron chi connectivity index (χ2n) is 8.35. The molecule has 0 aromatic rings. The van der Waals surface area contributed by atoms with Crippen LogP contribution in [0, 0.1) is 23.7 Å². The van der Waals surface area contributed by atoms with Crippen LogP contribution in [0.1, 0.15) is 38.5 Å². The molecule has 4 saturated carbocycles. The Kier molecular flexibility index (Phi) is 3.17. The fourth-order valence-corrected chi connectivity index (χ4v) is 6.52. The van der Waals surface area contributed by atoms with E-state index in [0.717, 1.165) is 36.3 Å². The summed E-state index contributed by atoms with van der Waals surface area (Å²) in [7, 11) is 4.47. The number of rotatable bonds is 3. The van der Waals surface area contributed by atoms with E-state index in [9.17, 15) is 0 Å². The highest BCUT2D eigenvalue weighted by Gasteiger charge is 2.59. The first kappa shape index (κ1) is 13.5. The molecule has 3 heteroatoms. The first-order chi connectivity index (χ1) is 9.63. The summed E-state index contributed by atoms with van der Waals surface area (Å²) in [5.41, 5.74) is 6.81. The number of likely N-dealkylation sites (N-methyl/N-ethyl adjacent to an activating group) is 1. The number of likely N-dealkylation sites (tertiary alicyclic amines) is 1. The van der Waals surface area contributed by atoms with Crippen LogP contribution in [0.3, 0.4) is 0 Å². The maximum absolute atomic E-state index is 6.43. The zero-order chi connectivity index (χ0) is 13.9. The molecule has 4 aliphatic carbocycles. The lowest BCUT2D eigenvalue weighted by atomic mass is 9.48. The van der Waals surface area contributed by atoms with Crippen LogP contribution in [-0.4, -0.2) is 55.1 Å². The van der Waals surface area contributed by atoms with Crippen molar-refractivity contribution >= 4 is 0 Å². The van der Waals surface area contributed by atoms with Crippen LogP contribution in [-0.2, 0) is 0 Å². The van der Waals surface area contributed by atoms with Crippen LogP contribution in [0.4, 0.5) is 0 Å². The van der Waals surface area contributed by atoms with Gasteiger partial charge in [0.15, 0.2) is 0 Å². The third kappa shape index (κ3) is 1.75. The van der Waals surface area contributed by atoms with Crippen molar-refractivity contribution in [1.82, 2.24) is 9.80 Å². The smallest absolute Gasteiger partial charge is 0.0388 e. The highest BCUT2D eigenvalue weighted by atomic mass is 15.3. The molecule has 5 aliphatic rings. The summed E-state index contributed by atoms with van der Waals surface area (Å²) in [6.45, 7) is 3.44. The first-order valence-electron chi connectivity index (χ1n) is 8.75. The van der Waals surface area contributed by atoms with Crippen molar-refractivity contribution in [3.63, 3.8) is 0 Å². The van der Waals surface area contributed by atoms with Crippen molar-refractivity contribution < 1.29 is 0 Å². The minimum absolute atomic E-state index is 0.373. The fraction of sp³-hybridized carbons (Fsp3) is 1.00. The molecular formula is C17H31N3. The highest BCUT2D eigenvalue weighted by Crippen LogP contribution is 2.60. The van der Waals surface area contributed by atoms with Gasteiger partial charge < -0.3 is 10.6 Å². The third-order valence-electron chi connectivity index (χ3n) is 7.36. The molecule has 4 bridgehead atoms. The summed E-state index contributed by atoms with van der Waals surface area (Å²) < 4.78 is 0. The molecule has 114 valence electrons. The maximum atomic E-state index is 6.43. The van der Waals surface area contributed by atoms with E-state index < -0.39 is 0 Å². The van der Waals surface area contributed by atoms with Crippen LogP contribution >= 0.6 is 0 Å². The standard InChI is InChI=1S/C17H31N3/c1-19(2)16-3-4-20(10-16)17(11-18)14-6-12-5-13(8-14)9-15(17)7-12/h12-16H,3-11,18H2,1-2H3. The Hall–Kier alpha value is -0.120. The Bertz CT molecular complexity index is 350. The van der Waals surface area contributed by atoms with E-state index in [1.54, 1.807) is 0 Å². The van der Waals surface area contributed by atoms with Gasteiger partial charge in [0, 0.05) is 31.2 Å². The van der Waals surface area contributed by atoms with E-state index in [-0.39, 0.29) is 0 Å². The van der Waals surface area contributed by atoms with Gasteiger partial charge in [0.25, 0.3) is 0 Å². The maximum Gasteiger partial charge on any atom is 0.0388 e. The first-order valence-corrected chi connectivity index (χ1v) is 8.75. The molecule has 0 aromatic heterocycles. The van der Waals surface area contributed by atoms with Crippen LogP contribution in [0.2, 0.25) is 0 Å². The number of hydrogen-bond acceptors (Lipinski definition) is 3. The Labute approximate surface area is 123 Å². The molecule has 0 spiro atoms. The quantitative estimate of drug-likeness (QED) is 0.853. The van der Waals surface area contributed by atoms with E-state index in [2.05, 4.69) is 23.9 Å². The molecule has 5 rings (SSSR count). The van der Waals surface area contributed by atoms with E-state index in [4.69, 9.17) is 5.73 Å². The second kappa shape index (κ2) is 4.69. The van der Waals surface area contributed by atoms with Gasteiger partial charge in [0.2, 0.25) is 0 Å². The molecule has 1 unspecified atom stereocenters. The number of nitrogens with zero attached hydrogens (tertiary/aromatic N) is 2. The number of hydrogen-bond donors (Lipinski definition) is 1. The Morgan fingerprint density at radius 1 is 1.05 bits per heavy atom. The molecule has 2 N–H and O–H groups in total. The van der Waals surface area contributed by atoms with Crippen molar-refractivity contribution in [3.05, 3.63) is 0 Å². The van der Waals surface area contributed by atoms with Gasteiger partial charge in [-0.05, 0) is 76.3 Å². The van der Waals surface area contributed by atoms with Gasteiger partial charge in [0.1, 0.15) is 0 Å². The average Bonchev–Trinajstić information content (AvgIpc) is 2.89. The molecule has 3 nitrogen and oxygen atoms in total. The summed E-state index contributed by atoms with van der Waals surface area (Å²) in [5, 5.41) is 0. The molecule has 1 saturated heterocycles. The van der Waals surface area contributed by atoms with Gasteiger partial charge in [-0.1, -0.05) is 0 Å². The molecule has 20 heavy (non-hydrogen) atoms. The zero-order valence-corrected chi connectivity index (χ0v) is 13.2. The van der Waals surface area contributed by atoms with Gasteiger partial charge in [-0.2, -0.15) is 0 Å². The molecule has 1 atom stereocenters. The third-order valence-corrected chi connectivity index (χ3v) is 7.36. The zero-order valence-electron chi connectivity index (χ0n) is 13.2. The van der Waals surface area contributed by atoms with Crippen LogP contribution < -0.4 is 5.73 Å². The lowest BCUT2D eigenvalue weighted by molar-refractivity contribution is -0.125. The predicted molar refractivity (Wildman–Crippen MR) is 82.5 cm³/mol. The summed E-state index contributed by atoms with van der Waals surface area (Å²) in [6.07, 6.45) is 8.79. The van der Waals surface area contributed by atoms with Gasteiger partial charge in [0.05, 0.1) is 0 Å².